The summed E-state index contributed by atoms with van der Waals surface area (Å²) in [4.78, 5) is 14.2. The van der Waals surface area contributed by atoms with E-state index in [0.717, 1.165) is 36.0 Å². The summed E-state index contributed by atoms with van der Waals surface area (Å²) in [5, 5.41) is 0. The van der Waals surface area contributed by atoms with Gasteiger partial charge in [-0.25, -0.2) is 0 Å². The number of nitrogens with two attached hydrogens (primary N) is 1. The lowest BCUT2D eigenvalue weighted by Crippen LogP contribution is -2.42. The molecule has 1 fully saturated rings. The maximum Gasteiger partial charge on any atom is 0.253 e. The van der Waals surface area contributed by atoms with Crippen LogP contribution in [0.3, 0.4) is 0 Å². The third kappa shape index (κ3) is 3.70. The number of carbonyl (C=O) groups excluding carboxylic acids is 1. The Morgan fingerprint density at radius 1 is 1.39 bits per heavy atom. The van der Waals surface area contributed by atoms with Crippen molar-refractivity contribution >= 4 is 34.2 Å². The van der Waals surface area contributed by atoms with Gasteiger partial charge in [0.2, 0.25) is 0 Å². The van der Waals surface area contributed by atoms with Crippen LogP contribution in [0.2, 0.25) is 0 Å². The summed E-state index contributed by atoms with van der Waals surface area (Å²) >= 11 is 3.37. The Kier molecular flexibility index (Phi) is 6.12. The van der Waals surface area contributed by atoms with Crippen LogP contribution in [0.5, 0.6) is 0 Å². The molecule has 1 amide bonds. The van der Waals surface area contributed by atoms with Gasteiger partial charge in [-0.05, 0) is 49.6 Å². The Morgan fingerprint density at radius 3 is 2.67 bits per heavy atom. The lowest BCUT2D eigenvalue weighted by Gasteiger charge is -2.32. The number of nitrogens with zero attached hydrogens (tertiary/aromatic N) is 1. The van der Waals surface area contributed by atoms with Crippen molar-refractivity contribution < 1.29 is 4.79 Å². The average molecular weight is 334 g/mol. The van der Waals surface area contributed by atoms with Crippen molar-refractivity contribution in [2.75, 3.05) is 19.6 Å². The number of carbonyl (C=O) groups is 1. The quantitative estimate of drug-likeness (QED) is 0.904. The summed E-state index contributed by atoms with van der Waals surface area (Å²) in [5.74, 6) is 0.582. The summed E-state index contributed by atoms with van der Waals surface area (Å²) in [6.45, 7) is 2.32. The molecule has 5 heteroatoms. The highest BCUT2D eigenvalue weighted by Gasteiger charge is 2.23. The number of halogens is 2. The minimum absolute atomic E-state index is 0. The van der Waals surface area contributed by atoms with Crippen molar-refractivity contribution in [2.24, 2.45) is 11.7 Å². The molecule has 1 aliphatic heterocycles. The van der Waals surface area contributed by atoms with Crippen LogP contribution in [0.1, 0.15) is 23.2 Å². The lowest BCUT2D eigenvalue weighted by molar-refractivity contribution is 0.0678. The van der Waals surface area contributed by atoms with Crippen molar-refractivity contribution in [3.8, 4) is 0 Å². The van der Waals surface area contributed by atoms with E-state index < -0.39 is 0 Å². The van der Waals surface area contributed by atoms with E-state index in [4.69, 9.17) is 5.73 Å². The molecule has 0 bridgehead atoms. The second-order valence-corrected chi connectivity index (χ2v) is 5.42. The first-order valence-corrected chi connectivity index (χ1v) is 6.75. The molecular weight excluding hydrogens is 316 g/mol. The summed E-state index contributed by atoms with van der Waals surface area (Å²) in [7, 11) is 0. The molecule has 0 aromatic heterocycles. The molecule has 1 unspecified atom stereocenters. The van der Waals surface area contributed by atoms with Crippen LogP contribution in [-0.2, 0) is 0 Å². The molecule has 0 radical (unpaired) electrons. The van der Waals surface area contributed by atoms with Gasteiger partial charge in [0.15, 0.2) is 0 Å². The van der Waals surface area contributed by atoms with E-state index >= 15 is 0 Å². The van der Waals surface area contributed by atoms with Crippen LogP contribution in [-0.4, -0.2) is 30.4 Å². The highest BCUT2D eigenvalue weighted by Crippen LogP contribution is 2.18. The molecule has 1 saturated heterocycles. The fraction of sp³-hybridized carbons (Fsp3) is 0.462. The van der Waals surface area contributed by atoms with Crippen molar-refractivity contribution in [1.82, 2.24) is 4.90 Å². The second-order valence-electron chi connectivity index (χ2n) is 4.50. The van der Waals surface area contributed by atoms with Crippen molar-refractivity contribution in [2.45, 2.75) is 12.8 Å². The van der Waals surface area contributed by atoms with Crippen LogP contribution in [0.4, 0.5) is 0 Å². The predicted molar refractivity (Wildman–Crippen MR) is 79.1 cm³/mol. The highest BCUT2D eigenvalue weighted by atomic mass is 79.9. The first-order chi connectivity index (χ1) is 8.20. The molecule has 18 heavy (non-hydrogen) atoms. The van der Waals surface area contributed by atoms with Gasteiger partial charge >= 0.3 is 0 Å². The molecule has 0 saturated carbocycles. The van der Waals surface area contributed by atoms with E-state index in [0.29, 0.717) is 12.5 Å². The molecule has 3 nitrogen and oxygen atoms in total. The SMILES string of the molecule is Cl.NCC1CCCN(C(=O)c2ccc(Br)cc2)C1. The van der Waals surface area contributed by atoms with Crippen LogP contribution >= 0.6 is 28.3 Å². The van der Waals surface area contributed by atoms with Gasteiger partial charge in [-0.2, -0.15) is 0 Å². The van der Waals surface area contributed by atoms with Gasteiger partial charge in [0, 0.05) is 23.1 Å². The van der Waals surface area contributed by atoms with Gasteiger partial charge in [-0.15, -0.1) is 12.4 Å². The van der Waals surface area contributed by atoms with Crippen LogP contribution < -0.4 is 5.73 Å². The molecule has 1 atom stereocenters. The fourth-order valence-corrected chi connectivity index (χ4v) is 2.48. The zero-order valence-corrected chi connectivity index (χ0v) is 12.5. The molecule has 100 valence electrons. The number of likely N-dealkylation sites (tertiary alicyclic amines) is 1. The summed E-state index contributed by atoms with van der Waals surface area (Å²) in [6, 6.07) is 7.52. The number of rotatable bonds is 2. The fourth-order valence-electron chi connectivity index (χ4n) is 2.22. The monoisotopic (exact) mass is 332 g/mol. The molecule has 1 aromatic carbocycles. The summed E-state index contributed by atoms with van der Waals surface area (Å²) in [5.41, 5.74) is 6.44. The molecule has 2 rings (SSSR count). The molecule has 0 spiro atoms. The highest BCUT2D eigenvalue weighted by molar-refractivity contribution is 9.10. The Morgan fingerprint density at radius 2 is 2.06 bits per heavy atom. The number of piperidine rings is 1. The van der Waals surface area contributed by atoms with Gasteiger partial charge in [0.1, 0.15) is 0 Å². The average Bonchev–Trinajstić information content (AvgIpc) is 2.39. The smallest absolute Gasteiger partial charge is 0.253 e. The van der Waals surface area contributed by atoms with Crippen LogP contribution in [0.25, 0.3) is 0 Å². The number of benzene rings is 1. The second kappa shape index (κ2) is 7.12. The Labute approximate surface area is 122 Å². The zero-order valence-electron chi connectivity index (χ0n) is 10.1. The minimum Gasteiger partial charge on any atom is -0.338 e. The van der Waals surface area contributed by atoms with Gasteiger partial charge in [0.05, 0.1) is 0 Å². The lowest BCUT2D eigenvalue weighted by atomic mass is 9.97. The van der Waals surface area contributed by atoms with Gasteiger partial charge < -0.3 is 10.6 Å². The third-order valence-corrected chi connectivity index (χ3v) is 3.76. The van der Waals surface area contributed by atoms with Gasteiger partial charge in [0.25, 0.3) is 5.91 Å². The Hall–Kier alpha value is -0.580. The van der Waals surface area contributed by atoms with Gasteiger partial charge in [-0.1, -0.05) is 15.9 Å². The molecule has 2 N–H and O–H groups in total. The molecule has 1 aliphatic rings. The van der Waals surface area contributed by atoms with Crippen molar-refractivity contribution in [3.05, 3.63) is 34.3 Å². The van der Waals surface area contributed by atoms with E-state index in [1.54, 1.807) is 0 Å². The van der Waals surface area contributed by atoms with Gasteiger partial charge in [-0.3, -0.25) is 4.79 Å². The van der Waals surface area contributed by atoms with E-state index in [1.165, 1.54) is 0 Å². The molecule has 1 heterocycles. The maximum atomic E-state index is 12.2. The number of amides is 1. The van der Waals surface area contributed by atoms with E-state index in [9.17, 15) is 4.79 Å². The van der Waals surface area contributed by atoms with Crippen molar-refractivity contribution in [3.63, 3.8) is 0 Å². The minimum atomic E-state index is 0. The van der Waals surface area contributed by atoms with E-state index in [-0.39, 0.29) is 18.3 Å². The van der Waals surface area contributed by atoms with E-state index in [2.05, 4.69) is 15.9 Å². The predicted octanol–water partition coefficient (Wildman–Crippen LogP) is 2.68. The molecule has 1 aromatic rings. The standard InChI is InChI=1S/C13H17BrN2O.ClH/c14-12-5-3-11(4-6-12)13(17)16-7-1-2-10(8-15)9-16;/h3-6,10H,1-2,7-9,15H2;1H. The van der Waals surface area contributed by atoms with Crippen LogP contribution in [0, 0.1) is 5.92 Å². The maximum absolute atomic E-state index is 12.2. The first kappa shape index (κ1) is 15.5. The zero-order chi connectivity index (χ0) is 12.3. The first-order valence-electron chi connectivity index (χ1n) is 5.95. The molecular formula is C13H18BrClN2O. The van der Waals surface area contributed by atoms with Crippen molar-refractivity contribution in [1.29, 1.82) is 0 Å². The number of hydrogen-bond donors (Lipinski definition) is 1. The Bertz CT molecular complexity index is 396. The number of hydrogen-bond acceptors (Lipinski definition) is 2. The topological polar surface area (TPSA) is 46.3 Å². The molecule has 0 aliphatic carbocycles. The summed E-state index contributed by atoms with van der Waals surface area (Å²) < 4.78 is 0.993. The largest absolute Gasteiger partial charge is 0.338 e. The Balaban J connectivity index is 0.00000162. The van der Waals surface area contributed by atoms with E-state index in [1.807, 2.05) is 29.2 Å². The normalized spacial score (nSPS) is 19.2. The third-order valence-electron chi connectivity index (χ3n) is 3.23. The summed E-state index contributed by atoms with van der Waals surface area (Å²) in [6.07, 6.45) is 2.20. The van der Waals surface area contributed by atoms with Crippen LogP contribution in [0.15, 0.2) is 28.7 Å².